The van der Waals surface area contributed by atoms with Crippen LogP contribution >= 0.6 is 11.6 Å². The lowest BCUT2D eigenvalue weighted by molar-refractivity contribution is -0.141. The summed E-state index contributed by atoms with van der Waals surface area (Å²) >= 11 is 5.68. The maximum atomic E-state index is 12.1. The Morgan fingerprint density at radius 3 is 2.23 bits per heavy atom. The van der Waals surface area contributed by atoms with Crippen LogP contribution in [0.5, 0.6) is 0 Å². The van der Waals surface area contributed by atoms with E-state index in [1.54, 1.807) is 0 Å². The van der Waals surface area contributed by atoms with Gasteiger partial charge in [0.15, 0.2) is 9.84 Å². The predicted octanol–water partition coefficient (Wildman–Crippen LogP) is 1.73. The molecule has 0 saturated carbocycles. The number of amides is 1. The number of carboxylic acids is 1. The third-order valence-electron chi connectivity index (χ3n) is 2.83. The topological polar surface area (TPSA) is 101 Å². The Morgan fingerprint density at radius 2 is 1.77 bits per heavy atom. The number of sulfone groups is 1. The molecule has 1 aromatic carbocycles. The molecule has 0 aliphatic carbocycles. The molecule has 8 heteroatoms. The first-order chi connectivity index (χ1) is 10.1. The number of carboxylic acid groups (broad SMARTS) is 1. The molecule has 0 heterocycles. The molecule has 1 atom stereocenters. The van der Waals surface area contributed by atoms with Crippen LogP contribution in [-0.4, -0.2) is 37.2 Å². The van der Waals surface area contributed by atoms with Gasteiger partial charge in [-0.2, -0.15) is 0 Å². The molecule has 0 aliphatic heterocycles. The Labute approximate surface area is 134 Å². The smallest absolute Gasteiger partial charge is 0.326 e. The quantitative estimate of drug-likeness (QED) is 0.782. The predicted molar refractivity (Wildman–Crippen MR) is 82.5 cm³/mol. The lowest BCUT2D eigenvalue weighted by Crippen LogP contribution is -2.44. The van der Waals surface area contributed by atoms with Crippen molar-refractivity contribution >= 4 is 33.3 Å². The van der Waals surface area contributed by atoms with E-state index in [2.05, 4.69) is 5.32 Å². The van der Waals surface area contributed by atoms with Gasteiger partial charge in [0.25, 0.3) is 0 Å². The molecule has 0 aliphatic rings. The summed E-state index contributed by atoms with van der Waals surface area (Å²) in [5.41, 5.74) is 0. The molecule has 0 radical (unpaired) electrons. The summed E-state index contributed by atoms with van der Waals surface area (Å²) < 4.78 is 24.2. The molecule has 1 amide bonds. The van der Waals surface area contributed by atoms with Gasteiger partial charge in [0.05, 0.1) is 4.90 Å². The van der Waals surface area contributed by atoms with E-state index in [1.165, 1.54) is 24.3 Å². The molecule has 1 unspecified atom stereocenters. The number of nitrogens with one attached hydrogen (secondary N) is 1. The molecule has 1 aromatic rings. The fourth-order valence-electron chi connectivity index (χ4n) is 1.83. The van der Waals surface area contributed by atoms with Crippen LogP contribution in [0.4, 0.5) is 0 Å². The van der Waals surface area contributed by atoms with Crippen molar-refractivity contribution in [1.29, 1.82) is 0 Å². The Balaban J connectivity index is 2.78. The molecular formula is C14H18ClNO5S. The molecule has 1 rings (SSSR count). The van der Waals surface area contributed by atoms with Gasteiger partial charge in [-0.05, 0) is 36.6 Å². The zero-order valence-electron chi connectivity index (χ0n) is 12.2. The molecule has 0 bridgehead atoms. The first-order valence-corrected chi connectivity index (χ1v) is 8.65. The van der Waals surface area contributed by atoms with E-state index in [0.717, 1.165) is 0 Å². The van der Waals surface area contributed by atoms with Crippen LogP contribution < -0.4 is 5.32 Å². The molecule has 122 valence electrons. The van der Waals surface area contributed by atoms with Crippen molar-refractivity contribution in [3.63, 3.8) is 0 Å². The zero-order valence-corrected chi connectivity index (χ0v) is 13.8. The van der Waals surface area contributed by atoms with Gasteiger partial charge in [0.1, 0.15) is 11.8 Å². The second-order valence-electron chi connectivity index (χ2n) is 5.30. The van der Waals surface area contributed by atoms with Crippen LogP contribution in [0.3, 0.4) is 0 Å². The number of aliphatic carboxylic acids is 1. The van der Waals surface area contributed by atoms with Crippen LogP contribution in [0.2, 0.25) is 5.02 Å². The molecule has 0 saturated heterocycles. The number of rotatable bonds is 7. The average molecular weight is 348 g/mol. The summed E-state index contributed by atoms with van der Waals surface area (Å²) in [5, 5.41) is 11.7. The number of halogens is 1. The number of carbonyl (C=O) groups excluding carboxylic acids is 1. The number of benzene rings is 1. The second kappa shape index (κ2) is 7.60. The first-order valence-electron chi connectivity index (χ1n) is 6.62. The number of hydrogen-bond acceptors (Lipinski definition) is 4. The summed E-state index contributed by atoms with van der Waals surface area (Å²) in [6.45, 7) is 3.62. The molecular weight excluding hydrogens is 330 g/mol. The third-order valence-corrected chi connectivity index (χ3v) is 4.72. The van der Waals surface area contributed by atoms with Gasteiger partial charge in [-0.15, -0.1) is 0 Å². The maximum absolute atomic E-state index is 12.1. The van der Waals surface area contributed by atoms with Gasteiger partial charge in [-0.1, -0.05) is 25.4 Å². The van der Waals surface area contributed by atoms with E-state index in [9.17, 15) is 18.0 Å². The summed E-state index contributed by atoms with van der Waals surface area (Å²) in [7, 11) is -3.84. The molecule has 22 heavy (non-hydrogen) atoms. The van der Waals surface area contributed by atoms with E-state index in [-0.39, 0.29) is 17.2 Å². The monoisotopic (exact) mass is 347 g/mol. The van der Waals surface area contributed by atoms with Gasteiger partial charge in [-0.3, -0.25) is 4.79 Å². The summed E-state index contributed by atoms with van der Waals surface area (Å²) in [5.74, 6) is -2.79. The lowest BCUT2D eigenvalue weighted by Gasteiger charge is -2.16. The average Bonchev–Trinajstić information content (AvgIpc) is 2.37. The zero-order chi connectivity index (χ0) is 16.9. The van der Waals surface area contributed by atoms with Crippen LogP contribution in [0, 0.1) is 5.92 Å². The highest BCUT2D eigenvalue weighted by molar-refractivity contribution is 7.92. The molecule has 0 fully saturated rings. The fourth-order valence-corrected chi connectivity index (χ4v) is 3.10. The second-order valence-corrected chi connectivity index (χ2v) is 7.73. The van der Waals surface area contributed by atoms with Gasteiger partial charge in [-0.25, -0.2) is 13.2 Å². The van der Waals surface area contributed by atoms with Crippen molar-refractivity contribution in [3.05, 3.63) is 29.3 Å². The summed E-state index contributed by atoms with van der Waals surface area (Å²) in [4.78, 5) is 22.8. The normalized spacial score (nSPS) is 12.9. The van der Waals surface area contributed by atoms with Crippen LogP contribution in [0.15, 0.2) is 29.2 Å². The lowest BCUT2D eigenvalue weighted by atomic mass is 10.0. The fraction of sp³-hybridized carbons (Fsp3) is 0.429. The third kappa shape index (κ3) is 5.65. The Kier molecular flexibility index (Phi) is 6.37. The highest BCUT2D eigenvalue weighted by Gasteiger charge is 2.25. The van der Waals surface area contributed by atoms with Gasteiger partial charge in [0.2, 0.25) is 5.91 Å². The molecule has 6 nitrogen and oxygen atoms in total. The number of hydrogen-bond donors (Lipinski definition) is 2. The standard InChI is InChI=1S/C14H18ClNO5S/c1-9(2)7-12(14(18)19)16-13(17)8-22(20,21)11-5-3-10(15)4-6-11/h3-6,9,12H,7-8H2,1-2H3,(H,16,17)(H,18,19). The van der Waals surface area contributed by atoms with Crippen molar-refractivity contribution in [2.75, 3.05) is 5.75 Å². The van der Waals surface area contributed by atoms with E-state index in [4.69, 9.17) is 16.7 Å². The van der Waals surface area contributed by atoms with Crippen molar-refractivity contribution in [1.82, 2.24) is 5.32 Å². The van der Waals surface area contributed by atoms with E-state index >= 15 is 0 Å². The van der Waals surface area contributed by atoms with Gasteiger partial charge < -0.3 is 10.4 Å². The highest BCUT2D eigenvalue weighted by Crippen LogP contribution is 2.15. The number of carbonyl (C=O) groups is 2. The van der Waals surface area contributed by atoms with Gasteiger partial charge >= 0.3 is 5.97 Å². The SMILES string of the molecule is CC(C)CC(NC(=O)CS(=O)(=O)c1ccc(Cl)cc1)C(=O)O. The minimum Gasteiger partial charge on any atom is -0.480 e. The first kappa shape index (κ1) is 18.4. The van der Waals surface area contributed by atoms with Crippen molar-refractivity contribution in [3.8, 4) is 0 Å². The van der Waals surface area contributed by atoms with Crippen LogP contribution in [0.1, 0.15) is 20.3 Å². The van der Waals surface area contributed by atoms with E-state index in [0.29, 0.717) is 5.02 Å². The molecule has 2 N–H and O–H groups in total. The maximum Gasteiger partial charge on any atom is 0.326 e. The Morgan fingerprint density at radius 1 is 1.23 bits per heavy atom. The largest absolute Gasteiger partial charge is 0.480 e. The minimum absolute atomic E-state index is 0.0391. The van der Waals surface area contributed by atoms with E-state index < -0.39 is 33.5 Å². The van der Waals surface area contributed by atoms with Crippen molar-refractivity contribution < 1.29 is 23.1 Å². The highest BCUT2D eigenvalue weighted by atomic mass is 35.5. The molecule has 0 aromatic heterocycles. The van der Waals surface area contributed by atoms with Crippen molar-refractivity contribution in [2.45, 2.75) is 31.2 Å². The Hall–Kier alpha value is -1.60. The molecule has 0 spiro atoms. The van der Waals surface area contributed by atoms with Crippen LogP contribution in [0.25, 0.3) is 0 Å². The van der Waals surface area contributed by atoms with Crippen molar-refractivity contribution in [2.24, 2.45) is 5.92 Å². The summed E-state index contributed by atoms with van der Waals surface area (Å²) in [6.07, 6.45) is 0.224. The summed E-state index contributed by atoms with van der Waals surface area (Å²) in [6, 6.07) is 4.31. The minimum atomic E-state index is -3.84. The van der Waals surface area contributed by atoms with Crippen LogP contribution in [-0.2, 0) is 19.4 Å². The van der Waals surface area contributed by atoms with Gasteiger partial charge in [0, 0.05) is 5.02 Å². The Bertz CT molecular complexity index is 640. The van der Waals surface area contributed by atoms with E-state index in [1.807, 2.05) is 13.8 Å².